The summed E-state index contributed by atoms with van der Waals surface area (Å²) >= 11 is 0. The van der Waals surface area contributed by atoms with Crippen LogP contribution in [-0.2, 0) is 11.2 Å². The van der Waals surface area contributed by atoms with Gasteiger partial charge in [0.05, 0.1) is 6.04 Å². The Morgan fingerprint density at radius 2 is 1.62 bits per heavy atom. The quantitative estimate of drug-likeness (QED) is 0.881. The van der Waals surface area contributed by atoms with Crippen molar-refractivity contribution in [3.05, 3.63) is 35.9 Å². The minimum atomic E-state index is -0.411. The van der Waals surface area contributed by atoms with Crippen molar-refractivity contribution in [2.75, 3.05) is 26.2 Å². The van der Waals surface area contributed by atoms with Gasteiger partial charge in [0.1, 0.15) is 0 Å². The highest BCUT2D eigenvalue weighted by atomic mass is 35.5. The Labute approximate surface area is 157 Å². The summed E-state index contributed by atoms with van der Waals surface area (Å²) in [6.07, 6.45) is 5.50. The molecule has 2 N–H and O–H groups in total. The molecule has 2 aliphatic rings. The third kappa shape index (κ3) is 5.35. The van der Waals surface area contributed by atoms with Crippen LogP contribution in [0.15, 0.2) is 30.3 Å². The minimum absolute atomic E-state index is 0. The Morgan fingerprint density at radius 1 is 1.04 bits per heavy atom. The molecular weight excluding hydrogens is 345 g/mol. The zero-order valence-corrected chi connectivity index (χ0v) is 15.7. The summed E-state index contributed by atoms with van der Waals surface area (Å²) in [5, 5.41) is 0. The van der Waals surface area contributed by atoms with Crippen molar-refractivity contribution >= 4 is 30.7 Å². The van der Waals surface area contributed by atoms with Gasteiger partial charge in [-0.3, -0.25) is 4.79 Å². The molecule has 0 aromatic heterocycles. The lowest BCUT2D eigenvalue weighted by Crippen LogP contribution is -2.51. The molecule has 2 aliphatic heterocycles. The number of halogens is 2. The first kappa shape index (κ1) is 21.2. The van der Waals surface area contributed by atoms with E-state index in [0.717, 1.165) is 31.5 Å². The van der Waals surface area contributed by atoms with Gasteiger partial charge in [-0.2, -0.15) is 0 Å². The van der Waals surface area contributed by atoms with E-state index < -0.39 is 6.04 Å². The standard InChI is InChI=1S/C18H27N3O.2ClH/c19-17(14-15-6-2-1-3-7-15)18(22)21-12-8-16(9-13-21)20-10-4-5-11-20;;/h1-3,6-7,16-17H,4-5,8-14,19H2;2*1H/t17-;;/m0../s1. The highest BCUT2D eigenvalue weighted by molar-refractivity contribution is 5.85. The molecule has 3 rings (SSSR count). The number of carbonyl (C=O) groups is 1. The third-order valence-corrected chi connectivity index (χ3v) is 5.05. The van der Waals surface area contributed by atoms with E-state index in [1.807, 2.05) is 35.2 Å². The van der Waals surface area contributed by atoms with Gasteiger partial charge < -0.3 is 15.5 Å². The molecule has 1 atom stereocenters. The van der Waals surface area contributed by atoms with Gasteiger partial charge in [-0.1, -0.05) is 30.3 Å². The second-order valence-electron chi connectivity index (χ2n) is 6.60. The van der Waals surface area contributed by atoms with Gasteiger partial charge >= 0.3 is 0 Å². The molecule has 136 valence electrons. The van der Waals surface area contributed by atoms with E-state index in [-0.39, 0.29) is 30.7 Å². The van der Waals surface area contributed by atoms with Crippen LogP contribution in [0.4, 0.5) is 0 Å². The van der Waals surface area contributed by atoms with Crippen LogP contribution in [0, 0.1) is 0 Å². The van der Waals surface area contributed by atoms with Crippen molar-refractivity contribution in [1.29, 1.82) is 0 Å². The normalized spacial score (nSPS) is 20.1. The number of nitrogens with two attached hydrogens (primary N) is 1. The van der Waals surface area contributed by atoms with Crippen molar-refractivity contribution < 1.29 is 4.79 Å². The van der Waals surface area contributed by atoms with E-state index >= 15 is 0 Å². The van der Waals surface area contributed by atoms with E-state index in [4.69, 9.17) is 5.73 Å². The lowest BCUT2D eigenvalue weighted by molar-refractivity contribution is -0.134. The summed E-state index contributed by atoms with van der Waals surface area (Å²) < 4.78 is 0. The second-order valence-corrected chi connectivity index (χ2v) is 6.60. The Morgan fingerprint density at radius 3 is 2.21 bits per heavy atom. The molecule has 0 unspecified atom stereocenters. The molecule has 0 bridgehead atoms. The molecule has 2 heterocycles. The van der Waals surface area contributed by atoms with Crippen molar-refractivity contribution in [3.8, 4) is 0 Å². The number of nitrogens with zero attached hydrogens (tertiary/aromatic N) is 2. The van der Waals surface area contributed by atoms with Crippen LogP contribution in [0.3, 0.4) is 0 Å². The van der Waals surface area contributed by atoms with Crippen molar-refractivity contribution in [1.82, 2.24) is 9.80 Å². The number of carbonyl (C=O) groups excluding carboxylic acids is 1. The van der Waals surface area contributed by atoms with Gasteiger partial charge in [0.2, 0.25) is 5.91 Å². The molecule has 6 heteroatoms. The van der Waals surface area contributed by atoms with E-state index in [1.165, 1.54) is 25.9 Å². The predicted octanol–water partition coefficient (Wildman–Crippen LogP) is 2.49. The van der Waals surface area contributed by atoms with E-state index in [2.05, 4.69) is 4.90 Å². The number of piperidine rings is 1. The fourth-order valence-corrected chi connectivity index (χ4v) is 3.75. The Bertz CT molecular complexity index is 486. The van der Waals surface area contributed by atoms with Crippen LogP contribution in [0.1, 0.15) is 31.2 Å². The first-order valence-corrected chi connectivity index (χ1v) is 8.56. The maximum Gasteiger partial charge on any atom is 0.239 e. The van der Waals surface area contributed by atoms with Crippen molar-refractivity contribution in [3.63, 3.8) is 0 Å². The molecule has 4 nitrogen and oxygen atoms in total. The monoisotopic (exact) mass is 373 g/mol. The molecule has 0 aliphatic carbocycles. The minimum Gasteiger partial charge on any atom is -0.341 e. The molecule has 2 saturated heterocycles. The third-order valence-electron chi connectivity index (χ3n) is 5.05. The number of benzene rings is 1. The summed E-state index contributed by atoms with van der Waals surface area (Å²) in [6.45, 7) is 4.21. The summed E-state index contributed by atoms with van der Waals surface area (Å²) in [5.74, 6) is 0.115. The molecule has 2 fully saturated rings. The maximum absolute atomic E-state index is 12.5. The van der Waals surface area contributed by atoms with Crippen molar-refractivity contribution in [2.45, 2.75) is 44.2 Å². The zero-order valence-electron chi connectivity index (χ0n) is 14.1. The fraction of sp³-hybridized carbons (Fsp3) is 0.611. The number of likely N-dealkylation sites (tertiary alicyclic amines) is 2. The summed E-state index contributed by atoms with van der Waals surface area (Å²) in [7, 11) is 0. The first-order chi connectivity index (χ1) is 10.7. The Hall–Kier alpha value is -0.810. The molecule has 24 heavy (non-hydrogen) atoms. The molecule has 1 amide bonds. The molecule has 0 radical (unpaired) electrons. The lowest BCUT2D eigenvalue weighted by atomic mass is 10.0. The maximum atomic E-state index is 12.5. The van der Waals surface area contributed by atoms with Crippen LogP contribution < -0.4 is 5.73 Å². The number of amides is 1. The smallest absolute Gasteiger partial charge is 0.239 e. The van der Waals surface area contributed by atoms with Crippen LogP contribution in [0.2, 0.25) is 0 Å². The Balaban J connectivity index is 0.00000144. The Kier molecular flexibility index (Phi) is 9.06. The first-order valence-electron chi connectivity index (χ1n) is 8.56. The number of rotatable bonds is 4. The second kappa shape index (κ2) is 10.2. The predicted molar refractivity (Wildman–Crippen MR) is 103 cm³/mol. The molecule has 0 saturated carbocycles. The average Bonchev–Trinajstić information content (AvgIpc) is 3.10. The SMILES string of the molecule is Cl.Cl.N[C@@H](Cc1ccccc1)C(=O)N1CCC(N2CCCC2)CC1. The largest absolute Gasteiger partial charge is 0.341 e. The van der Waals surface area contributed by atoms with E-state index in [0.29, 0.717) is 12.5 Å². The number of hydrogen-bond acceptors (Lipinski definition) is 3. The average molecular weight is 374 g/mol. The van der Waals surface area contributed by atoms with Gasteiger partial charge in [0.15, 0.2) is 0 Å². The van der Waals surface area contributed by atoms with Gasteiger partial charge in [-0.05, 0) is 50.8 Å². The van der Waals surface area contributed by atoms with Gasteiger partial charge in [-0.25, -0.2) is 0 Å². The van der Waals surface area contributed by atoms with Gasteiger partial charge in [0.25, 0.3) is 0 Å². The van der Waals surface area contributed by atoms with Crippen LogP contribution in [-0.4, -0.2) is 54.0 Å². The zero-order chi connectivity index (χ0) is 15.4. The molecule has 1 aromatic rings. The fourth-order valence-electron chi connectivity index (χ4n) is 3.75. The molecule has 1 aromatic carbocycles. The molecule has 0 spiro atoms. The topological polar surface area (TPSA) is 49.6 Å². The summed E-state index contributed by atoms with van der Waals surface area (Å²) in [4.78, 5) is 17.1. The van der Waals surface area contributed by atoms with Crippen LogP contribution >= 0.6 is 24.8 Å². The lowest BCUT2D eigenvalue weighted by Gasteiger charge is -2.37. The van der Waals surface area contributed by atoms with Crippen molar-refractivity contribution in [2.24, 2.45) is 5.73 Å². The number of hydrogen-bond donors (Lipinski definition) is 1. The molecular formula is C18H29Cl2N3O. The highest BCUT2D eigenvalue weighted by Crippen LogP contribution is 2.21. The summed E-state index contributed by atoms with van der Waals surface area (Å²) in [6, 6.07) is 10.3. The highest BCUT2D eigenvalue weighted by Gasteiger charge is 2.30. The van der Waals surface area contributed by atoms with Crippen LogP contribution in [0.25, 0.3) is 0 Å². The van der Waals surface area contributed by atoms with E-state index in [1.54, 1.807) is 0 Å². The van der Waals surface area contributed by atoms with Gasteiger partial charge in [-0.15, -0.1) is 24.8 Å². The van der Waals surface area contributed by atoms with Crippen LogP contribution in [0.5, 0.6) is 0 Å². The van der Waals surface area contributed by atoms with Gasteiger partial charge in [0, 0.05) is 19.1 Å². The summed E-state index contributed by atoms with van der Waals surface area (Å²) in [5.41, 5.74) is 7.27. The van der Waals surface area contributed by atoms with E-state index in [9.17, 15) is 4.79 Å².